The number of hydrogen-bond donors (Lipinski definition) is 0. The Kier molecular flexibility index (Phi) is 2.95. The van der Waals surface area contributed by atoms with Crippen LogP contribution < -0.4 is 0 Å². The number of hydrogen-bond acceptors (Lipinski definition) is 2. The van der Waals surface area contributed by atoms with E-state index in [-0.39, 0.29) is 5.60 Å². The van der Waals surface area contributed by atoms with E-state index >= 15 is 0 Å². The van der Waals surface area contributed by atoms with Crippen LogP contribution in [0.2, 0.25) is 0 Å². The second-order valence-corrected chi connectivity index (χ2v) is 6.02. The minimum atomic E-state index is 0.00408. The number of rotatable bonds is 1. The molecule has 1 aliphatic heterocycles. The first kappa shape index (κ1) is 11.3. The van der Waals surface area contributed by atoms with E-state index in [1.54, 1.807) is 0 Å². The molecule has 1 saturated carbocycles. The van der Waals surface area contributed by atoms with Gasteiger partial charge in [-0.2, -0.15) is 0 Å². The third-order valence-electron chi connectivity index (χ3n) is 3.97. The van der Waals surface area contributed by atoms with Crippen LogP contribution in [0.3, 0.4) is 0 Å². The van der Waals surface area contributed by atoms with Gasteiger partial charge in [0.2, 0.25) is 0 Å². The highest BCUT2D eigenvalue weighted by Gasteiger charge is 2.42. The molecular weight excluding hydrogens is 278 g/mol. The monoisotopic (exact) mass is 293 g/mol. The molecule has 17 heavy (non-hydrogen) atoms. The van der Waals surface area contributed by atoms with E-state index < -0.39 is 0 Å². The van der Waals surface area contributed by atoms with Gasteiger partial charge in [0.25, 0.3) is 0 Å². The zero-order valence-electron chi connectivity index (χ0n) is 9.73. The van der Waals surface area contributed by atoms with E-state index in [2.05, 4.69) is 51.4 Å². The predicted octanol–water partition coefficient (Wildman–Crippen LogP) is 4.21. The van der Waals surface area contributed by atoms with Gasteiger partial charge < -0.3 is 4.84 Å². The molecule has 3 rings (SSSR count). The summed E-state index contributed by atoms with van der Waals surface area (Å²) in [4.78, 5) is 5.62. The van der Waals surface area contributed by atoms with E-state index in [1.165, 1.54) is 18.4 Å². The van der Waals surface area contributed by atoms with Crippen LogP contribution in [0.25, 0.3) is 0 Å². The van der Waals surface area contributed by atoms with Crippen molar-refractivity contribution < 1.29 is 4.84 Å². The second kappa shape index (κ2) is 4.45. The highest BCUT2D eigenvalue weighted by Crippen LogP contribution is 2.44. The zero-order chi connectivity index (χ0) is 11.7. The van der Waals surface area contributed by atoms with Crippen LogP contribution >= 0.6 is 15.9 Å². The van der Waals surface area contributed by atoms with Crippen LogP contribution in [-0.4, -0.2) is 10.2 Å². The van der Waals surface area contributed by atoms with Crippen LogP contribution in [-0.2, 0) is 4.84 Å². The standard InChI is InChI=1S/C14H16BrNO/c15-13-10-14(17-16-13)8-6-12(7-9-14)11-4-2-1-3-5-11/h1-5,12H,6-10H2/t12-,14+. The molecule has 1 aromatic carbocycles. The molecule has 1 aliphatic carbocycles. The quantitative estimate of drug-likeness (QED) is 0.760. The Morgan fingerprint density at radius 2 is 1.88 bits per heavy atom. The Balaban J connectivity index is 1.65. The fourth-order valence-electron chi connectivity index (χ4n) is 2.95. The van der Waals surface area contributed by atoms with Gasteiger partial charge in [-0.3, -0.25) is 0 Å². The van der Waals surface area contributed by atoms with Gasteiger partial charge in [0, 0.05) is 6.42 Å². The minimum absolute atomic E-state index is 0.00408. The van der Waals surface area contributed by atoms with Gasteiger partial charge in [-0.15, -0.1) is 0 Å². The third kappa shape index (κ3) is 2.25. The van der Waals surface area contributed by atoms with E-state index in [4.69, 9.17) is 4.84 Å². The SMILES string of the molecule is BrC1=NO[C@]2(CC[C@@H](c3ccccc3)CC2)C1. The lowest BCUT2D eigenvalue weighted by atomic mass is 9.75. The summed E-state index contributed by atoms with van der Waals surface area (Å²) in [6.07, 6.45) is 5.60. The van der Waals surface area contributed by atoms with Crippen LogP contribution in [0.15, 0.2) is 35.5 Å². The van der Waals surface area contributed by atoms with Gasteiger partial charge in [0.1, 0.15) is 10.2 Å². The van der Waals surface area contributed by atoms with Crippen molar-refractivity contribution in [3.63, 3.8) is 0 Å². The fourth-order valence-corrected chi connectivity index (χ4v) is 3.53. The molecule has 0 bridgehead atoms. The molecular formula is C14H16BrNO. The van der Waals surface area contributed by atoms with Crippen LogP contribution in [0.1, 0.15) is 43.6 Å². The molecule has 0 atom stereocenters. The van der Waals surface area contributed by atoms with Crippen molar-refractivity contribution in [2.24, 2.45) is 5.16 Å². The molecule has 1 spiro atoms. The maximum absolute atomic E-state index is 5.62. The topological polar surface area (TPSA) is 21.6 Å². The average Bonchev–Trinajstić information content (AvgIpc) is 2.73. The maximum atomic E-state index is 5.62. The summed E-state index contributed by atoms with van der Waals surface area (Å²) in [6, 6.07) is 10.8. The highest BCUT2D eigenvalue weighted by molar-refractivity contribution is 9.18. The average molecular weight is 294 g/mol. The molecule has 3 heteroatoms. The number of nitrogens with zero attached hydrogens (tertiary/aromatic N) is 1. The molecule has 0 unspecified atom stereocenters. The molecule has 0 N–H and O–H groups in total. The summed E-state index contributed by atoms with van der Waals surface area (Å²) >= 11 is 3.43. The van der Waals surface area contributed by atoms with Crippen molar-refractivity contribution in [2.75, 3.05) is 0 Å². The lowest BCUT2D eigenvalue weighted by Crippen LogP contribution is -2.33. The zero-order valence-corrected chi connectivity index (χ0v) is 11.3. The van der Waals surface area contributed by atoms with Crippen molar-refractivity contribution in [1.82, 2.24) is 0 Å². The van der Waals surface area contributed by atoms with E-state index in [0.29, 0.717) is 5.92 Å². The predicted molar refractivity (Wildman–Crippen MR) is 72.4 cm³/mol. The summed E-state index contributed by atoms with van der Waals surface area (Å²) in [5.41, 5.74) is 1.48. The van der Waals surface area contributed by atoms with E-state index in [0.717, 1.165) is 23.9 Å². The smallest absolute Gasteiger partial charge is 0.144 e. The number of benzene rings is 1. The van der Waals surface area contributed by atoms with Crippen molar-refractivity contribution in [1.29, 1.82) is 0 Å². The van der Waals surface area contributed by atoms with Gasteiger partial charge in [0.05, 0.1) is 0 Å². The van der Waals surface area contributed by atoms with Gasteiger partial charge in [-0.1, -0.05) is 35.5 Å². The molecule has 1 aromatic rings. The van der Waals surface area contributed by atoms with E-state index in [9.17, 15) is 0 Å². The first-order valence-corrected chi connectivity index (χ1v) is 7.02. The van der Waals surface area contributed by atoms with Crippen molar-refractivity contribution in [2.45, 2.75) is 43.6 Å². The molecule has 0 radical (unpaired) electrons. The van der Waals surface area contributed by atoms with Crippen molar-refractivity contribution in [3.8, 4) is 0 Å². The highest BCUT2D eigenvalue weighted by atomic mass is 79.9. The molecule has 2 nitrogen and oxygen atoms in total. The summed E-state index contributed by atoms with van der Waals surface area (Å²) in [5.74, 6) is 0.699. The summed E-state index contributed by atoms with van der Waals surface area (Å²) < 4.78 is 0.968. The number of oxime groups is 1. The third-order valence-corrected chi connectivity index (χ3v) is 4.40. The Labute approximate surface area is 110 Å². The number of halogens is 1. The molecule has 0 amide bonds. The molecule has 0 aromatic heterocycles. The molecule has 90 valence electrons. The second-order valence-electron chi connectivity index (χ2n) is 5.10. The van der Waals surface area contributed by atoms with Crippen LogP contribution in [0, 0.1) is 0 Å². The largest absolute Gasteiger partial charge is 0.388 e. The van der Waals surface area contributed by atoms with Gasteiger partial charge in [0.15, 0.2) is 0 Å². The summed E-state index contributed by atoms with van der Waals surface area (Å²) in [5, 5.41) is 4.04. The fraction of sp³-hybridized carbons (Fsp3) is 0.500. The van der Waals surface area contributed by atoms with Crippen molar-refractivity contribution >= 4 is 20.6 Å². The Bertz CT molecular complexity index is 421. The van der Waals surface area contributed by atoms with E-state index in [1.807, 2.05) is 0 Å². The first-order chi connectivity index (χ1) is 8.27. The Morgan fingerprint density at radius 1 is 1.18 bits per heavy atom. The maximum Gasteiger partial charge on any atom is 0.144 e. The Hall–Kier alpha value is -0.830. The normalized spacial score (nSPS) is 32.3. The molecule has 1 fully saturated rings. The summed E-state index contributed by atoms with van der Waals surface area (Å²) in [6.45, 7) is 0. The van der Waals surface area contributed by atoms with Crippen LogP contribution in [0.4, 0.5) is 0 Å². The van der Waals surface area contributed by atoms with Crippen molar-refractivity contribution in [3.05, 3.63) is 35.9 Å². The molecule has 0 saturated heterocycles. The summed E-state index contributed by atoms with van der Waals surface area (Å²) in [7, 11) is 0. The van der Waals surface area contributed by atoms with Gasteiger partial charge in [-0.25, -0.2) is 0 Å². The van der Waals surface area contributed by atoms with Gasteiger partial charge >= 0.3 is 0 Å². The molecule has 1 heterocycles. The van der Waals surface area contributed by atoms with Gasteiger partial charge in [-0.05, 0) is 53.1 Å². The Morgan fingerprint density at radius 3 is 2.47 bits per heavy atom. The first-order valence-electron chi connectivity index (χ1n) is 6.23. The minimum Gasteiger partial charge on any atom is -0.388 e. The van der Waals surface area contributed by atoms with Crippen LogP contribution in [0.5, 0.6) is 0 Å². The lowest BCUT2D eigenvalue weighted by Gasteiger charge is -2.34. The molecule has 2 aliphatic rings. The lowest BCUT2D eigenvalue weighted by molar-refractivity contribution is -0.0483.